The highest BCUT2D eigenvalue weighted by atomic mass is 16.5. The highest BCUT2D eigenvalue weighted by Gasteiger charge is 2.21. The number of aliphatic carboxylic acids is 1. The van der Waals surface area contributed by atoms with E-state index in [9.17, 15) is 14.7 Å². The summed E-state index contributed by atoms with van der Waals surface area (Å²) in [5.74, 6) is -0.732. The number of ether oxygens (including phenoxy) is 2. The van der Waals surface area contributed by atoms with Gasteiger partial charge in [-0.05, 0) is 56.6 Å². The summed E-state index contributed by atoms with van der Waals surface area (Å²) in [7, 11) is 1.35. The summed E-state index contributed by atoms with van der Waals surface area (Å²) >= 11 is 0. The third-order valence-electron chi connectivity index (χ3n) is 4.46. The molecule has 0 heterocycles. The quantitative estimate of drug-likeness (QED) is 0.542. The predicted molar refractivity (Wildman–Crippen MR) is 94.6 cm³/mol. The fourth-order valence-corrected chi connectivity index (χ4v) is 3.00. The van der Waals surface area contributed by atoms with Crippen LogP contribution in [0.1, 0.15) is 50.5 Å². The van der Waals surface area contributed by atoms with Crippen LogP contribution in [0.3, 0.4) is 0 Å². The molecule has 2 rings (SSSR count). The van der Waals surface area contributed by atoms with Crippen LogP contribution in [0.2, 0.25) is 0 Å². The van der Waals surface area contributed by atoms with E-state index in [2.05, 4.69) is 10.8 Å². The molecule has 1 aliphatic carbocycles. The lowest BCUT2D eigenvalue weighted by atomic mass is 9.95. The molecule has 136 valence electrons. The minimum Gasteiger partial charge on any atom is -0.479 e. The average Bonchev–Trinajstić information content (AvgIpc) is 2.64. The summed E-state index contributed by atoms with van der Waals surface area (Å²) in [6.07, 6.45) is 7.79. The van der Waals surface area contributed by atoms with Crippen molar-refractivity contribution in [2.24, 2.45) is 0 Å². The summed E-state index contributed by atoms with van der Waals surface area (Å²) in [6, 6.07) is 7.25. The zero-order valence-corrected chi connectivity index (χ0v) is 14.7. The minimum absolute atomic E-state index is 0.238. The average molecular weight is 346 g/mol. The summed E-state index contributed by atoms with van der Waals surface area (Å²) < 4.78 is 10.4. The lowest BCUT2D eigenvalue weighted by Crippen LogP contribution is -2.27. The molecule has 1 unspecified atom stereocenters. The summed E-state index contributed by atoms with van der Waals surface area (Å²) in [5, 5.41) is 9.49. The highest BCUT2D eigenvalue weighted by molar-refractivity contribution is 5.73. The van der Waals surface area contributed by atoms with Crippen molar-refractivity contribution in [2.45, 2.75) is 57.5 Å². The van der Waals surface area contributed by atoms with E-state index >= 15 is 0 Å². The summed E-state index contributed by atoms with van der Waals surface area (Å²) in [6.45, 7) is 0. The van der Waals surface area contributed by atoms with E-state index in [0.717, 1.165) is 24.8 Å². The molecule has 1 aromatic rings. The van der Waals surface area contributed by atoms with E-state index in [1.54, 1.807) is 12.1 Å². The number of carbonyl (C=O) groups excluding carboxylic acids is 1. The molecule has 1 aliphatic rings. The molecule has 0 saturated heterocycles. The number of carboxylic acid groups (broad SMARTS) is 1. The molecule has 0 aromatic heterocycles. The van der Waals surface area contributed by atoms with Gasteiger partial charge in [0.05, 0.1) is 7.11 Å². The van der Waals surface area contributed by atoms with Crippen LogP contribution in [0, 0.1) is 0 Å². The number of para-hydroxylation sites is 1. The lowest BCUT2D eigenvalue weighted by molar-refractivity contribution is -0.145. The van der Waals surface area contributed by atoms with Gasteiger partial charge in [0.1, 0.15) is 5.75 Å². The van der Waals surface area contributed by atoms with Crippen molar-refractivity contribution in [1.29, 1.82) is 0 Å². The first-order chi connectivity index (χ1) is 12.1. The molecular formula is C20H26O5. The van der Waals surface area contributed by atoms with Gasteiger partial charge in [-0.15, -0.1) is 0 Å². The maximum Gasteiger partial charge on any atom is 0.344 e. The number of carboxylic acids is 1. The van der Waals surface area contributed by atoms with E-state index in [0.29, 0.717) is 18.6 Å². The monoisotopic (exact) mass is 346 g/mol. The second kappa shape index (κ2) is 9.87. The van der Waals surface area contributed by atoms with E-state index in [1.165, 1.54) is 25.5 Å². The maximum atomic E-state index is 11.6. The van der Waals surface area contributed by atoms with Crippen LogP contribution in [-0.2, 0) is 20.7 Å². The molecule has 0 radical (unpaired) electrons. The minimum atomic E-state index is -0.959. The third-order valence-corrected chi connectivity index (χ3v) is 4.46. The molecule has 5 nitrogen and oxygen atoms in total. The Hall–Kier alpha value is -2.30. The van der Waals surface area contributed by atoms with Crippen LogP contribution in [0.4, 0.5) is 0 Å². The fourth-order valence-electron chi connectivity index (χ4n) is 3.00. The molecule has 25 heavy (non-hydrogen) atoms. The van der Waals surface area contributed by atoms with Gasteiger partial charge in [0, 0.05) is 6.42 Å². The Bertz CT molecular complexity index is 620. The molecule has 0 amide bonds. The molecule has 0 saturated carbocycles. The number of rotatable bonds is 9. The van der Waals surface area contributed by atoms with E-state index < -0.39 is 12.1 Å². The Kier molecular flexibility index (Phi) is 7.51. The Morgan fingerprint density at radius 3 is 2.68 bits per heavy atom. The highest BCUT2D eigenvalue weighted by Crippen LogP contribution is 2.25. The topological polar surface area (TPSA) is 72.8 Å². The lowest BCUT2D eigenvalue weighted by Gasteiger charge is -2.19. The molecule has 0 spiro atoms. The number of allylic oxidation sites excluding steroid dienone is 2. The van der Waals surface area contributed by atoms with Crippen LogP contribution < -0.4 is 4.74 Å². The molecule has 1 aromatic carbocycles. The van der Waals surface area contributed by atoms with Gasteiger partial charge in [-0.1, -0.05) is 29.8 Å². The smallest absolute Gasteiger partial charge is 0.344 e. The van der Waals surface area contributed by atoms with Crippen molar-refractivity contribution in [3.63, 3.8) is 0 Å². The molecule has 5 heteroatoms. The van der Waals surface area contributed by atoms with Crippen LogP contribution in [0.25, 0.3) is 0 Å². The van der Waals surface area contributed by atoms with Gasteiger partial charge in [-0.2, -0.15) is 0 Å². The largest absolute Gasteiger partial charge is 0.479 e. The van der Waals surface area contributed by atoms with E-state index in [-0.39, 0.29) is 12.4 Å². The van der Waals surface area contributed by atoms with Crippen molar-refractivity contribution in [1.82, 2.24) is 0 Å². The van der Waals surface area contributed by atoms with Crippen molar-refractivity contribution < 1.29 is 24.2 Å². The molecular weight excluding hydrogens is 320 g/mol. The molecule has 0 bridgehead atoms. The predicted octanol–water partition coefficient (Wildman–Crippen LogP) is 3.90. The van der Waals surface area contributed by atoms with Gasteiger partial charge < -0.3 is 14.6 Å². The Morgan fingerprint density at radius 1 is 1.20 bits per heavy atom. The second-order valence-corrected chi connectivity index (χ2v) is 6.28. The molecule has 1 atom stereocenters. The van der Waals surface area contributed by atoms with E-state index in [1.807, 2.05) is 12.1 Å². The van der Waals surface area contributed by atoms with Crippen LogP contribution in [-0.4, -0.2) is 30.3 Å². The SMILES string of the molecule is COC(=O)CCc1ccccc1OC(CCC1=CCCCC1)C(=O)O. The van der Waals surface area contributed by atoms with Crippen molar-refractivity contribution >= 4 is 11.9 Å². The number of benzene rings is 1. The van der Waals surface area contributed by atoms with Crippen molar-refractivity contribution in [2.75, 3.05) is 7.11 Å². The first kappa shape index (κ1) is 19.0. The van der Waals surface area contributed by atoms with E-state index in [4.69, 9.17) is 4.74 Å². The number of hydrogen-bond donors (Lipinski definition) is 1. The Morgan fingerprint density at radius 2 is 2.00 bits per heavy atom. The van der Waals surface area contributed by atoms with Crippen molar-refractivity contribution in [3.05, 3.63) is 41.5 Å². The Labute approximate surface area is 148 Å². The number of hydrogen-bond acceptors (Lipinski definition) is 4. The number of aryl methyl sites for hydroxylation is 1. The third kappa shape index (κ3) is 6.25. The zero-order chi connectivity index (χ0) is 18.1. The van der Waals surface area contributed by atoms with Gasteiger partial charge in [-0.3, -0.25) is 4.79 Å². The van der Waals surface area contributed by atoms with Crippen LogP contribution >= 0.6 is 0 Å². The maximum absolute atomic E-state index is 11.6. The normalized spacial score (nSPS) is 15.2. The van der Waals surface area contributed by atoms with Gasteiger partial charge in [-0.25, -0.2) is 4.79 Å². The zero-order valence-electron chi connectivity index (χ0n) is 14.7. The van der Waals surface area contributed by atoms with Gasteiger partial charge >= 0.3 is 11.9 Å². The Balaban J connectivity index is 1.99. The molecule has 0 fully saturated rings. The molecule has 1 N–H and O–H groups in total. The first-order valence-corrected chi connectivity index (χ1v) is 8.82. The first-order valence-electron chi connectivity index (χ1n) is 8.82. The van der Waals surface area contributed by atoms with Gasteiger partial charge in [0.25, 0.3) is 0 Å². The van der Waals surface area contributed by atoms with Gasteiger partial charge in [0.2, 0.25) is 0 Å². The number of esters is 1. The van der Waals surface area contributed by atoms with Crippen molar-refractivity contribution in [3.8, 4) is 5.75 Å². The number of carbonyl (C=O) groups is 2. The molecule has 0 aliphatic heterocycles. The second-order valence-electron chi connectivity index (χ2n) is 6.28. The van der Waals surface area contributed by atoms with Crippen LogP contribution in [0.5, 0.6) is 5.75 Å². The van der Waals surface area contributed by atoms with Crippen LogP contribution in [0.15, 0.2) is 35.9 Å². The summed E-state index contributed by atoms with van der Waals surface area (Å²) in [4.78, 5) is 22.9. The fraction of sp³-hybridized carbons (Fsp3) is 0.500. The summed E-state index contributed by atoms with van der Waals surface area (Å²) in [5.41, 5.74) is 2.15. The standard InChI is InChI=1S/C20H26O5/c1-24-19(21)14-12-16-9-5-6-10-17(16)25-18(20(22)23)13-11-15-7-3-2-4-8-15/h5-7,9-10,18H,2-4,8,11-14H2,1H3,(H,22,23). The number of methoxy groups -OCH3 is 1. The van der Waals surface area contributed by atoms with Gasteiger partial charge in [0.15, 0.2) is 6.10 Å².